The van der Waals surface area contributed by atoms with Crippen LogP contribution in [0.2, 0.25) is 5.02 Å². The number of hydrogen-bond donors (Lipinski definition) is 3. The van der Waals surface area contributed by atoms with Crippen molar-refractivity contribution >= 4 is 41.5 Å². The highest BCUT2D eigenvalue weighted by molar-refractivity contribution is 14.0. The smallest absolute Gasteiger partial charge is 0.191 e. The van der Waals surface area contributed by atoms with Crippen LogP contribution >= 0.6 is 35.6 Å². The fourth-order valence-corrected chi connectivity index (χ4v) is 2.32. The standard InChI is InChI=1S/C19H23ClFN3O2.HI/c1-2-22-19(23-11-14-5-3-4-6-18(14)20)24-12-16(25)13-26-17-9-7-15(21)8-10-17;/h3-10,16,25H,2,11-13H2,1H3,(H2,22,23,24);1H. The second kappa shape index (κ2) is 12.7. The van der Waals surface area contributed by atoms with Crippen molar-refractivity contribution in [1.82, 2.24) is 10.6 Å². The Morgan fingerprint density at radius 3 is 2.56 bits per heavy atom. The molecule has 0 spiro atoms. The third-order valence-corrected chi connectivity index (χ3v) is 3.84. The molecule has 2 aromatic carbocycles. The van der Waals surface area contributed by atoms with Crippen molar-refractivity contribution in [2.45, 2.75) is 19.6 Å². The molecule has 0 aliphatic heterocycles. The van der Waals surface area contributed by atoms with Gasteiger partial charge in [0, 0.05) is 18.1 Å². The van der Waals surface area contributed by atoms with E-state index in [0.29, 0.717) is 29.8 Å². The molecule has 1 unspecified atom stereocenters. The van der Waals surface area contributed by atoms with Crippen molar-refractivity contribution in [3.05, 3.63) is 64.9 Å². The molecule has 5 nitrogen and oxygen atoms in total. The van der Waals surface area contributed by atoms with Gasteiger partial charge in [-0.2, -0.15) is 0 Å². The van der Waals surface area contributed by atoms with Crippen molar-refractivity contribution < 1.29 is 14.2 Å². The highest BCUT2D eigenvalue weighted by Gasteiger charge is 2.07. The monoisotopic (exact) mass is 507 g/mol. The summed E-state index contributed by atoms with van der Waals surface area (Å²) in [6, 6.07) is 13.2. The molecule has 0 aromatic heterocycles. The maximum Gasteiger partial charge on any atom is 0.191 e. The van der Waals surface area contributed by atoms with Gasteiger partial charge in [-0.25, -0.2) is 9.38 Å². The van der Waals surface area contributed by atoms with Crippen LogP contribution < -0.4 is 15.4 Å². The molecule has 0 radical (unpaired) electrons. The summed E-state index contributed by atoms with van der Waals surface area (Å²) in [5, 5.41) is 16.9. The van der Waals surface area contributed by atoms with Crippen LogP contribution in [0.3, 0.4) is 0 Å². The molecule has 0 saturated heterocycles. The zero-order valence-electron chi connectivity index (χ0n) is 15.0. The average Bonchev–Trinajstić information content (AvgIpc) is 2.64. The maximum absolute atomic E-state index is 12.8. The molecule has 0 heterocycles. The highest BCUT2D eigenvalue weighted by Crippen LogP contribution is 2.15. The summed E-state index contributed by atoms with van der Waals surface area (Å²) >= 11 is 6.13. The minimum Gasteiger partial charge on any atom is -0.491 e. The van der Waals surface area contributed by atoms with E-state index in [1.807, 2.05) is 31.2 Å². The van der Waals surface area contributed by atoms with E-state index in [1.165, 1.54) is 24.3 Å². The van der Waals surface area contributed by atoms with E-state index < -0.39 is 6.10 Å². The molecule has 2 aromatic rings. The molecule has 27 heavy (non-hydrogen) atoms. The first-order chi connectivity index (χ1) is 12.6. The highest BCUT2D eigenvalue weighted by atomic mass is 127. The van der Waals surface area contributed by atoms with Crippen LogP contribution in [0, 0.1) is 5.82 Å². The van der Waals surface area contributed by atoms with Gasteiger partial charge in [0.25, 0.3) is 0 Å². The van der Waals surface area contributed by atoms with Crippen LogP contribution in [0.25, 0.3) is 0 Å². The Bertz CT molecular complexity index is 716. The number of aliphatic hydroxyl groups is 1. The number of ether oxygens (including phenoxy) is 1. The third-order valence-electron chi connectivity index (χ3n) is 3.47. The Morgan fingerprint density at radius 1 is 1.19 bits per heavy atom. The number of aliphatic imine (C=N–C) groups is 1. The van der Waals surface area contributed by atoms with Gasteiger partial charge >= 0.3 is 0 Å². The summed E-state index contributed by atoms with van der Waals surface area (Å²) in [6.07, 6.45) is -0.746. The number of aliphatic hydroxyl groups excluding tert-OH is 1. The molecule has 148 valence electrons. The predicted octanol–water partition coefficient (Wildman–Crippen LogP) is 3.59. The number of halogens is 3. The van der Waals surface area contributed by atoms with Gasteiger partial charge in [0.1, 0.15) is 24.3 Å². The summed E-state index contributed by atoms with van der Waals surface area (Å²) in [7, 11) is 0. The molecule has 0 aliphatic rings. The Kier molecular flexibility index (Phi) is 11.1. The van der Waals surface area contributed by atoms with Crippen LogP contribution in [0.5, 0.6) is 5.75 Å². The van der Waals surface area contributed by atoms with E-state index in [2.05, 4.69) is 15.6 Å². The van der Waals surface area contributed by atoms with E-state index in [9.17, 15) is 9.50 Å². The Hall–Kier alpha value is -1.58. The van der Waals surface area contributed by atoms with E-state index in [-0.39, 0.29) is 42.9 Å². The largest absolute Gasteiger partial charge is 0.491 e. The van der Waals surface area contributed by atoms with Gasteiger partial charge in [0.15, 0.2) is 5.96 Å². The van der Waals surface area contributed by atoms with Gasteiger partial charge in [0.05, 0.1) is 6.54 Å². The minimum atomic E-state index is -0.746. The fraction of sp³-hybridized carbons (Fsp3) is 0.316. The summed E-state index contributed by atoms with van der Waals surface area (Å²) in [5.74, 6) is 0.752. The number of benzene rings is 2. The van der Waals surface area contributed by atoms with Gasteiger partial charge in [-0.15, -0.1) is 24.0 Å². The summed E-state index contributed by atoms with van der Waals surface area (Å²) < 4.78 is 18.3. The van der Waals surface area contributed by atoms with Crippen LogP contribution in [0.15, 0.2) is 53.5 Å². The number of rotatable bonds is 8. The molecule has 0 bridgehead atoms. The molecule has 0 fully saturated rings. The van der Waals surface area contributed by atoms with Crippen LogP contribution in [0.4, 0.5) is 4.39 Å². The van der Waals surface area contributed by atoms with Gasteiger partial charge < -0.3 is 20.5 Å². The minimum absolute atomic E-state index is 0. The zero-order valence-corrected chi connectivity index (χ0v) is 18.1. The summed E-state index contributed by atoms with van der Waals surface area (Å²) in [4.78, 5) is 4.46. The quantitative estimate of drug-likeness (QED) is 0.290. The lowest BCUT2D eigenvalue weighted by Crippen LogP contribution is -2.42. The molecule has 0 aliphatic carbocycles. The molecule has 0 amide bonds. The lowest BCUT2D eigenvalue weighted by molar-refractivity contribution is 0.110. The molecular weight excluding hydrogens is 484 g/mol. The second-order valence-corrected chi connectivity index (χ2v) is 5.99. The first kappa shape index (κ1) is 23.5. The van der Waals surface area contributed by atoms with Gasteiger partial charge in [-0.3, -0.25) is 0 Å². The number of nitrogens with zero attached hydrogens (tertiary/aromatic N) is 1. The van der Waals surface area contributed by atoms with E-state index in [0.717, 1.165) is 5.56 Å². The number of nitrogens with one attached hydrogen (secondary N) is 2. The van der Waals surface area contributed by atoms with Gasteiger partial charge in [0.2, 0.25) is 0 Å². The average molecular weight is 508 g/mol. The maximum atomic E-state index is 12.8. The first-order valence-corrected chi connectivity index (χ1v) is 8.78. The summed E-state index contributed by atoms with van der Waals surface area (Å²) in [6.45, 7) is 3.42. The molecule has 3 N–H and O–H groups in total. The van der Waals surface area contributed by atoms with Gasteiger partial charge in [-0.1, -0.05) is 29.8 Å². The molecule has 1 atom stereocenters. The lowest BCUT2D eigenvalue weighted by Gasteiger charge is -2.16. The topological polar surface area (TPSA) is 65.9 Å². The third kappa shape index (κ3) is 8.77. The fourth-order valence-electron chi connectivity index (χ4n) is 2.13. The number of guanidine groups is 1. The Balaban J connectivity index is 0.00000364. The normalized spacial score (nSPS) is 12.1. The lowest BCUT2D eigenvalue weighted by atomic mass is 10.2. The molecule has 2 rings (SSSR count). The van der Waals surface area contributed by atoms with Gasteiger partial charge in [-0.05, 0) is 42.8 Å². The Labute approximate surface area is 181 Å². The van der Waals surface area contributed by atoms with E-state index in [4.69, 9.17) is 16.3 Å². The Morgan fingerprint density at radius 2 is 1.89 bits per heavy atom. The van der Waals surface area contributed by atoms with Crippen molar-refractivity contribution in [3.8, 4) is 5.75 Å². The molecule has 0 saturated carbocycles. The number of hydrogen-bond acceptors (Lipinski definition) is 3. The van der Waals surface area contributed by atoms with Crippen LogP contribution in [-0.4, -0.2) is 36.9 Å². The predicted molar refractivity (Wildman–Crippen MR) is 118 cm³/mol. The van der Waals surface area contributed by atoms with Crippen LogP contribution in [-0.2, 0) is 6.54 Å². The van der Waals surface area contributed by atoms with Crippen LogP contribution in [0.1, 0.15) is 12.5 Å². The first-order valence-electron chi connectivity index (χ1n) is 8.40. The van der Waals surface area contributed by atoms with E-state index in [1.54, 1.807) is 0 Å². The van der Waals surface area contributed by atoms with Crippen molar-refractivity contribution in [1.29, 1.82) is 0 Å². The molecular formula is C19H24ClFIN3O2. The second-order valence-electron chi connectivity index (χ2n) is 5.59. The van der Waals surface area contributed by atoms with Crippen molar-refractivity contribution in [3.63, 3.8) is 0 Å². The van der Waals surface area contributed by atoms with Crippen molar-refractivity contribution in [2.75, 3.05) is 19.7 Å². The SMILES string of the molecule is CCNC(=NCc1ccccc1Cl)NCC(O)COc1ccc(F)cc1.I. The zero-order chi connectivity index (χ0) is 18.8. The molecule has 8 heteroatoms. The van der Waals surface area contributed by atoms with E-state index >= 15 is 0 Å². The van der Waals surface area contributed by atoms with Crippen molar-refractivity contribution in [2.24, 2.45) is 4.99 Å². The summed E-state index contributed by atoms with van der Waals surface area (Å²) in [5.41, 5.74) is 0.923.